The summed E-state index contributed by atoms with van der Waals surface area (Å²) in [6.07, 6.45) is 77.7. The molecule has 0 heterocycles. The van der Waals surface area contributed by atoms with Crippen molar-refractivity contribution >= 4 is 19.8 Å². The molecule has 73 heavy (non-hydrogen) atoms. The Morgan fingerprint density at radius 1 is 0.425 bits per heavy atom. The third-order valence-corrected chi connectivity index (χ3v) is 13.4. The van der Waals surface area contributed by atoms with Crippen molar-refractivity contribution in [2.75, 3.05) is 26.4 Å². The Kier molecular flexibility index (Phi) is 55.7. The van der Waals surface area contributed by atoms with Crippen molar-refractivity contribution < 1.29 is 37.6 Å². The van der Waals surface area contributed by atoms with Crippen molar-refractivity contribution in [3.8, 4) is 0 Å². The highest BCUT2D eigenvalue weighted by Gasteiger charge is 2.26. The van der Waals surface area contributed by atoms with Gasteiger partial charge < -0.3 is 20.1 Å². The van der Waals surface area contributed by atoms with E-state index in [1.807, 2.05) is 0 Å². The number of phosphoric acid groups is 1. The van der Waals surface area contributed by atoms with Crippen LogP contribution >= 0.6 is 7.82 Å². The molecule has 0 amide bonds. The average molecular weight is 1040 g/mol. The van der Waals surface area contributed by atoms with Crippen LogP contribution in [0.4, 0.5) is 0 Å². The predicted octanol–water partition coefficient (Wildman–Crippen LogP) is 18.8. The van der Waals surface area contributed by atoms with Gasteiger partial charge in [0.1, 0.15) is 6.61 Å². The van der Waals surface area contributed by atoms with Gasteiger partial charge in [-0.05, 0) is 96.3 Å². The van der Waals surface area contributed by atoms with E-state index in [2.05, 4.69) is 111 Å². The molecule has 2 unspecified atom stereocenters. The van der Waals surface area contributed by atoms with E-state index >= 15 is 0 Å². The molecule has 0 aromatic rings. The number of hydrogen-bond acceptors (Lipinski definition) is 8. The highest BCUT2D eigenvalue weighted by Crippen LogP contribution is 2.43. The fraction of sp³-hybridized carbons (Fsp3) is 0.714. The molecule has 0 bridgehead atoms. The van der Waals surface area contributed by atoms with Gasteiger partial charge in [0.15, 0.2) is 6.10 Å². The van der Waals surface area contributed by atoms with Crippen LogP contribution in [-0.4, -0.2) is 49.3 Å². The summed E-state index contributed by atoms with van der Waals surface area (Å²) in [7, 11) is -4.39. The van der Waals surface area contributed by atoms with Gasteiger partial charge in [-0.3, -0.25) is 18.6 Å². The normalized spacial score (nSPS) is 13.8. The number of ether oxygens (including phenoxy) is 2. The number of phosphoric ester groups is 1. The molecule has 0 saturated carbocycles. The molecule has 0 spiro atoms. The van der Waals surface area contributed by atoms with Crippen LogP contribution in [0.5, 0.6) is 0 Å². The minimum absolute atomic E-state index is 0.0504. The summed E-state index contributed by atoms with van der Waals surface area (Å²) in [5, 5.41) is 0. The van der Waals surface area contributed by atoms with E-state index < -0.39 is 26.5 Å². The van der Waals surface area contributed by atoms with Crippen molar-refractivity contribution in [3.63, 3.8) is 0 Å². The van der Waals surface area contributed by atoms with Crippen molar-refractivity contribution in [1.29, 1.82) is 0 Å². The maximum Gasteiger partial charge on any atom is 0.472 e. The monoisotopic (exact) mass is 1040 g/mol. The van der Waals surface area contributed by atoms with E-state index in [4.69, 9.17) is 24.3 Å². The molecule has 420 valence electrons. The summed E-state index contributed by atoms with van der Waals surface area (Å²) >= 11 is 0. The fourth-order valence-corrected chi connectivity index (χ4v) is 8.85. The molecule has 0 aromatic heterocycles. The number of unbranched alkanes of at least 4 members (excludes halogenated alkanes) is 26. The zero-order chi connectivity index (χ0) is 53.1. The molecule has 9 nitrogen and oxygen atoms in total. The smallest absolute Gasteiger partial charge is 0.462 e. The van der Waals surface area contributed by atoms with Gasteiger partial charge in [-0.1, -0.05) is 246 Å². The van der Waals surface area contributed by atoms with Crippen molar-refractivity contribution in [1.82, 2.24) is 0 Å². The van der Waals surface area contributed by atoms with Crippen LogP contribution in [0.3, 0.4) is 0 Å². The van der Waals surface area contributed by atoms with Gasteiger partial charge in [-0.25, -0.2) is 4.57 Å². The minimum Gasteiger partial charge on any atom is -0.462 e. The van der Waals surface area contributed by atoms with E-state index in [0.717, 1.165) is 103 Å². The molecule has 0 aliphatic heterocycles. The van der Waals surface area contributed by atoms with Crippen LogP contribution in [0.2, 0.25) is 0 Å². The first-order valence-electron chi connectivity index (χ1n) is 29.7. The molecule has 0 aliphatic carbocycles. The lowest BCUT2D eigenvalue weighted by molar-refractivity contribution is -0.161. The molecule has 0 radical (unpaired) electrons. The summed E-state index contributed by atoms with van der Waals surface area (Å²) in [6, 6.07) is 0. The van der Waals surface area contributed by atoms with Gasteiger partial charge in [0, 0.05) is 19.4 Å². The Labute approximate surface area is 448 Å². The van der Waals surface area contributed by atoms with Gasteiger partial charge in [-0.15, -0.1) is 0 Å². The standard InChI is InChI=1S/C63H110NO8P/c1-3-5-7-9-11-13-15-17-18-19-20-21-22-23-24-25-26-27-28-29-30-31-32-33-34-35-36-37-38-39-40-41-42-44-46-48-50-52-54-56-63(66)72-61(60-71-73(67,68)70-58-57-64)59-69-62(65)55-53-51-49-47-45-43-16-14-12-10-8-6-4-2/h5,7,11,13-14,16-18,20-21,23-24,26-27,29-30,61H,3-4,6,8-10,12,15,19,22,25,28,31-60,64H2,1-2H3,(H,67,68)/b7-5-,13-11-,16-14-,18-17-,21-20-,24-23-,27-26-,30-29-. The van der Waals surface area contributed by atoms with Gasteiger partial charge in [-0.2, -0.15) is 0 Å². The number of hydrogen-bond donors (Lipinski definition) is 2. The summed E-state index contributed by atoms with van der Waals surface area (Å²) in [5.74, 6) is -0.835. The fourth-order valence-electron chi connectivity index (χ4n) is 8.08. The van der Waals surface area contributed by atoms with Crippen LogP contribution < -0.4 is 5.73 Å². The van der Waals surface area contributed by atoms with Crippen molar-refractivity contribution in [3.05, 3.63) is 97.2 Å². The Bertz CT molecular complexity index is 1510. The van der Waals surface area contributed by atoms with E-state index in [1.54, 1.807) is 0 Å². The summed E-state index contributed by atoms with van der Waals surface area (Å²) < 4.78 is 33.0. The largest absolute Gasteiger partial charge is 0.472 e. The lowest BCUT2D eigenvalue weighted by Gasteiger charge is -2.19. The van der Waals surface area contributed by atoms with E-state index in [9.17, 15) is 19.0 Å². The second kappa shape index (κ2) is 58.2. The third-order valence-electron chi connectivity index (χ3n) is 12.5. The number of carbonyl (C=O) groups excluding carboxylic acids is 2. The Morgan fingerprint density at radius 3 is 1.14 bits per heavy atom. The molecular weight excluding hydrogens is 930 g/mol. The van der Waals surface area contributed by atoms with E-state index in [1.165, 1.54) is 122 Å². The van der Waals surface area contributed by atoms with Gasteiger partial charge >= 0.3 is 19.8 Å². The molecule has 0 fully saturated rings. The number of carbonyl (C=O) groups is 2. The maximum absolute atomic E-state index is 12.7. The number of nitrogens with two attached hydrogens (primary N) is 1. The quantitative estimate of drug-likeness (QED) is 0.0264. The maximum atomic E-state index is 12.7. The highest BCUT2D eigenvalue weighted by molar-refractivity contribution is 7.47. The first kappa shape index (κ1) is 69.9. The van der Waals surface area contributed by atoms with Crippen LogP contribution in [0.25, 0.3) is 0 Å². The summed E-state index contributed by atoms with van der Waals surface area (Å²) in [4.78, 5) is 35.1. The SMILES string of the molecule is CC/C=C\C/C=C\C/C=C\C/C=C\C/C=C\C/C=C\C/C=C\CCCCCCCCCCCCCCCCCCCC(=O)OC(COC(=O)CCCCCCC/C=C\CCCCCC)COP(=O)(O)OCCN. The van der Waals surface area contributed by atoms with Crippen molar-refractivity contribution in [2.24, 2.45) is 5.73 Å². The predicted molar refractivity (Wildman–Crippen MR) is 312 cm³/mol. The molecule has 2 atom stereocenters. The molecule has 0 aliphatic rings. The van der Waals surface area contributed by atoms with Crippen LogP contribution in [0, 0.1) is 0 Å². The van der Waals surface area contributed by atoms with Gasteiger partial charge in [0.2, 0.25) is 0 Å². The average Bonchev–Trinajstić information content (AvgIpc) is 3.38. The van der Waals surface area contributed by atoms with Crippen LogP contribution in [0.15, 0.2) is 97.2 Å². The molecule has 0 saturated heterocycles. The lowest BCUT2D eigenvalue weighted by Crippen LogP contribution is -2.29. The lowest BCUT2D eigenvalue weighted by atomic mass is 10.0. The summed E-state index contributed by atoms with van der Waals surface area (Å²) in [5.41, 5.74) is 5.37. The Morgan fingerprint density at radius 2 is 0.753 bits per heavy atom. The zero-order valence-corrected chi connectivity index (χ0v) is 47.7. The van der Waals surface area contributed by atoms with E-state index in [0.29, 0.717) is 6.42 Å². The highest BCUT2D eigenvalue weighted by atomic mass is 31.2. The number of rotatable bonds is 55. The van der Waals surface area contributed by atoms with Crippen LogP contribution in [-0.2, 0) is 32.7 Å². The first-order valence-corrected chi connectivity index (χ1v) is 31.2. The zero-order valence-electron chi connectivity index (χ0n) is 46.8. The molecule has 3 N–H and O–H groups in total. The number of esters is 2. The van der Waals surface area contributed by atoms with Crippen molar-refractivity contribution in [2.45, 2.75) is 264 Å². The molecule has 10 heteroatoms. The third kappa shape index (κ3) is 58.1. The van der Waals surface area contributed by atoms with Gasteiger partial charge in [0.25, 0.3) is 0 Å². The Hall–Kier alpha value is -3.07. The second-order valence-electron chi connectivity index (χ2n) is 19.5. The number of allylic oxidation sites excluding steroid dienone is 16. The minimum atomic E-state index is -4.39. The molecular formula is C63H110NO8P. The summed E-state index contributed by atoms with van der Waals surface area (Å²) in [6.45, 7) is 3.61. The molecule has 0 aromatic carbocycles. The topological polar surface area (TPSA) is 134 Å². The van der Waals surface area contributed by atoms with E-state index in [-0.39, 0.29) is 38.6 Å². The second-order valence-corrected chi connectivity index (χ2v) is 20.9. The van der Waals surface area contributed by atoms with Gasteiger partial charge in [0.05, 0.1) is 13.2 Å². The van der Waals surface area contributed by atoms with Crippen LogP contribution in [0.1, 0.15) is 258 Å². The molecule has 0 rings (SSSR count). The first-order chi connectivity index (χ1) is 35.8. The Balaban J connectivity index is 3.84.